The van der Waals surface area contributed by atoms with Crippen LogP contribution in [0.2, 0.25) is 0 Å². The van der Waals surface area contributed by atoms with Crippen LogP contribution in [0, 0.1) is 23.0 Å². The van der Waals surface area contributed by atoms with Crippen LogP contribution in [0.1, 0.15) is 41.6 Å². The second-order valence-electron chi connectivity index (χ2n) is 8.19. The van der Waals surface area contributed by atoms with Crippen molar-refractivity contribution in [2.24, 2.45) is 5.92 Å². The fraction of sp³-hybridized carbons (Fsp3) is 0.619. The second-order valence-corrected chi connectivity index (χ2v) is 8.19. The molecule has 3 saturated heterocycles. The maximum atomic E-state index is 13.2. The molecule has 0 aromatic heterocycles. The van der Waals surface area contributed by atoms with E-state index >= 15 is 0 Å². The van der Waals surface area contributed by atoms with Crippen molar-refractivity contribution in [3.05, 3.63) is 39.4 Å². The fourth-order valence-corrected chi connectivity index (χ4v) is 4.68. The average molecular weight is 417 g/mol. The smallest absolute Gasteiger partial charge is 0.272 e. The number of benzene rings is 1. The lowest BCUT2D eigenvalue weighted by Gasteiger charge is -2.36. The van der Waals surface area contributed by atoms with Gasteiger partial charge in [0.15, 0.2) is 6.29 Å². The van der Waals surface area contributed by atoms with Crippen molar-refractivity contribution >= 4 is 17.5 Å². The Hall–Kier alpha value is -2.52. The quantitative estimate of drug-likeness (QED) is 0.549. The highest BCUT2D eigenvalue weighted by atomic mass is 16.7. The highest BCUT2D eigenvalue weighted by Gasteiger charge is 2.39. The number of carbonyl (C=O) groups excluding carboxylic acids is 2. The molecule has 4 rings (SSSR count). The van der Waals surface area contributed by atoms with Gasteiger partial charge in [0.2, 0.25) is 5.91 Å². The van der Waals surface area contributed by atoms with Gasteiger partial charge < -0.3 is 19.3 Å². The van der Waals surface area contributed by atoms with Gasteiger partial charge in [-0.3, -0.25) is 19.7 Å². The number of ether oxygens (including phenoxy) is 2. The van der Waals surface area contributed by atoms with E-state index in [4.69, 9.17) is 9.47 Å². The second kappa shape index (κ2) is 8.69. The molecule has 162 valence electrons. The minimum atomic E-state index is -0.469. The van der Waals surface area contributed by atoms with E-state index in [1.165, 1.54) is 18.2 Å². The van der Waals surface area contributed by atoms with Crippen LogP contribution in [0.25, 0.3) is 0 Å². The molecule has 3 heterocycles. The minimum absolute atomic E-state index is 0.00816. The molecule has 0 saturated carbocycles. The zero-order chi connectivity index (χ0) is 21.3. The number of nitro benzene ring substituents is 1. The summed E-state index contributed by atoms with van der Waals surface area (Å²) in [5.41, 5.74) is 0.803. The van der Waals surface area contributed by atoms with E-state index in [0.29, 0.717) is 56.3 Å². The monoisotopic (exact) mass is 417 g/mol. The molecular weight excluding hydrogens is 390 g/mol. The van der Waals surface area contributed by atoms with Crippen molar-refractivity contribution in [2.45, 2.75) is 44.9 Å². The molecule has 3 fully saturated rings. The van der Waals surface area contributed by atoms with Crippen molar-refractivity contribution in [3.8, 4) is 0 Å². The Morgan fingerprint density at radius 3 is 2.43 bits per heavy atom. The van der Waals surface area contributed by atoms with Crippen LogP contribution in [0.5, 0.6) is 0 Å². The predicted octanol–water partition coefficient (Wildman–Crippen LogP) is 2.12. The zero-order valence-corrected chi connectivity index (χ0v) is 17.1. The molecule has 0 spiro atoms. The van der Waals surface area contributed by atoms with Gasteiger partial charge in [-0.25, -0.2) is 0 Å². The van der Waals surface area contributed by atoms with E-state index in [2.05, 4.69) is 0 Å². The van der Waals surface area contributed by atoms with Crippen LogP contribution < -0.4 is 0 Å². The Labute approximate surface area is 175 Å². The van der Waals surface area contributed by atoms with Gasteiger partial charge in [-0.1, -0.05) is 0 Å². The third-order valence-electron chi connectivity index (χ3n) is 6.32. The van der Waals surface area contributed by atoms with Gasteiger partial charge in [0, 0.05) is 42.7 Å². The summed E-state index contributed by atoms with van der Waals surface area (Å²) in [6.45, 7) is 4.68. The first-order valence-corrected chi connectivity index (χ1v) is 10.5. The number of hydrogen-bond acceptors (Lipinski definition) is 6. The molecule has 1 aromatic carbocycles. The number of hydrogen-bond donors (Lipinski definition) is 0. The number of likely N-dealkylation sites (tertiary alicyclic amines) is 2. The number of rotatable bonds is 4. The SMILES string of the molecule is Cc1cc(C(=O)N2CCCC2C(=O)N2CCC(C3OCCO3)CC2)ccc1[N+](=O)[O-]. The summed E-state index contributed by atoms with van der Waals surface area (Å²) in [6.07, 6.45) is 2.92. The molecule has 1 aromatic rings. The Morgan fingerprint density at radius 2 is 1.80 bits per heavy atom. The first kappa shape index (κ1) is 20.7. The lowest BCUT2D eigenvalue weighted by Crippen LogP contribution is -2.50. The highest BCUT2D eigenvalue weighted by molar-refractivity contribution is 5.98. The van der Waals surface area contributed by atoms with Gasteiger partial charge in [0.1, 0.15) is 6.04 Å². The van der Waals surface area contributed by atoms with Gasteiger partial charge >= 0.3 is 0 Å². The molecule has 1 unspecified atom stereocenters. The van der Waals surface area contributed by atoms with Gasteiger partial charge in [-0.05, 0) is 44.7 Å². The first-order chi connectivity index (χ1) is 14.5. The van der Waals surface area contributed by atoms with Crippen LogP contribution in [0.3, 0.4) is 0 Å². The number of carbonyl (C=O) groups is 2. The Kier molecular flexibility index (Phi) is 6.01. The molecular formula is C21H27N3O6. The summed E-state index contributed by atoms with van der Waals surface area (Å²) in [6, 6.07) is 3.89. The lowest BCUT2D eigenvalue weighted by atomic mass is 9.95. The fourth-order valence-electron chi connectivity index (χ4n) is 4.68. The summed E-state index contributed by atoms with van der Waals surface area (Å²) in [5.74, 6) is 0.0543. The van der Waals surface area contributed by atoms with Crippen molar-refractivity contribution in [1.82, 2.24) is 9.80 Å². The maximum absolute atomic E-state index is 13.2. The third-order valence-corrected chi connectivity index (χ3v) is 6.32. The Bertz CT molecular complexity index is 830. The Morgan fingerprint density at radius 1 is 1.10 bits per heavy atom. The topological polar surface area (TPSA) is 102 Å². The number of aryl methyl sites for hydroxylation is 1. The number of nitrogens with zero attached hydrogens (tertiary/aromatic N) is 3. The van der Waals surface area contributed by atoms with Crippen LogP contribution in [-0.2, 0) is 14.3 Å². The molecule has 3 aliphatic rings. The van der Waals surface area contributed by atoms with Gasteiger partial charge in [0.25, 0.3) is 11.6 Å². The van der Waals surface area contributed by atoms with Crippen molar-refractivity contribution in [3.63, 3.8) is 0 Å². The minimum Gasteiger partial charge on any atom is -0.350 e. The van der Waals surface area contributed by atoms with Crippen LogP contribution >= 0.6 is 0 Å². The summed E-state index contributed by atoms with van der Waals surface area (Å²) in [4.78, 5) is 40.3. The molecule has 30 heavy (non-hydrogen) atoms. The van der Waals surface area contributed by atoms with Crippen molar-refractivity contribution in [1.29, 1.82) is 0 Å². The molecule has 0 aliphatic carbocycles. The van der Waals surface area contributed by atoms with Gasteiger partial charge in [-0.15, -0.1) is 0 Å². The number of amides is 2. The van der Waals surface area contributed by atoms with Crippen molar-refractivity contribution < 1.29 is 24.0 Å². The van der Waals surface area contributed by atoms with Crippen molar-refractivity contribution in [2.75, 3.05) is 32.8 Å². The van der Waals surface area contributed by atoms with Crippen LogP contribution in [-0.4, -0.2) is 71.7 Å². The molecule has 2 amide bonds. The summed E-state index contributed by atoms with van der Waals surface area (Å²) in [7, 11) is 0. The van der Waals surface area contributed by atoms with E-state index in [9.17, 15) is 19.7 Å². The van der Waals surface area contributed by atoms with Crippen LogP contribution in [0.4, 0.5) is 5.69 Å². The van der Waals surface area contributed by atoms with Gasteiger partial charge in [0.05, 0.1) is 18.1 Å². The Balaban J connectivity index is 1.40. The molecule has 9 nitrogen and oxygen atoms in total. The molecule has 9 heteroatoms. The first-order valence-electron chi connectivity index (χ1n) is 10.5. The van der Waals surface area contributed by atoms with Crippen LogP contribution in [0.15, 0.2) is 18.2 Å². The third kappa shape index (κ3) is 4.04. The molecule has 0 bridgehead atoms. The molecule has 1 atom stereocenters. The number of nitro groups is 1. The summed E-state index contributed by atoms with van der Waals surface area (Å²) >= 11 is 0. The standard InChI is InChI=1S/C21H27N3O6/c1-14-13-16(4-5-17(14)24(27)28)19(25)23-8-2-3-18(23)20(26)22-9-6-15(7-10-22)21-29-11-12-30-21/h4-5,13,15,18,21H,2-3,6-12H2,1H3. The van der Waals surface area contributed by atoms with E-state index in [1.807, 2.05) is 4.90 Å². The number of piperidine rings is 1. The van der Waals surface area contributed by atoms with E-state index in [1.54, 1.807) is 11.8 Å². The molecule has 3 aliphatic heterocycles. The summed E-state index contributed by atoms with van der Waals surface area (Å²) < 4.78 is 11.2. The average Bonchev–Trinajstić information content (AvgIpc) is 3.44. The zero-order valence-electron chi connectivity index (χ0n) is 17.1. The summed E-state index contributed by atoms with van der Waals surface area (Å²) in [5, 5.41) is 11.0. The highest BCUT2D eigenvalue weighted by Crippen LogP contribution is 2.29. The lowest BCUT2D eigenvalue weighted by molar-refractivity contribution is -0.385. The molecule has 0 radical (unpaired) electrons. The molecule has 0 N–H and O–H groups in total. The van der Waals surface area contributed by atoms with Gasteiger partial charge in [-0.2, -0.15) is 0 Å². The normalized spacial score (nSPS) is 23.2. The largest absolute Gasteiger partial charge is 0.350 e. The van der Waals surface area contributed by atoms with E-state index in [0.717, 1.165) is 19.3 Å². The predicted molar refractivity (Wildman–Crippen MR) is 107 cm³/mol. The van der Waals surface area contributed by atoms with E-state index in [-0.39, 0.29) is 23.8 Å². The maximum Gasteiger partial charge on any atom is 0.272 e. The van der Waals surface area contributed by atoms with E-state index < -0.39 is 11.0 Å².